The summed E-state index contributed by atoms with van der Waals surface area (Å²) in [4.78, 5) is -0.0215. The summed E-state index contributed by atoms with van der Waals surface area (Å²) in [6, 6.07) is 2.49. The van der Waals surface area contributed by atoms with Crippen LogP contribution in [0.25, 0.3) is 0 Å². The maximum Gasteiger partial charge on any atom is 0.243 e. The van der Waals surface area contributed by atoms with Gasteiger partial charge in [0, 0.05) is 24.3 Å². The molecule has 0 unspecified atom stereocenters. The van der Waals surface area contributed by atoms with Crippen LogP contribution in [0.4, 0.5) is 10.1 Å². The molecule has 4 nitrogen and oxygen atoms in total. The van der Waals surface area contributed by atoms with E-state index in [1.165, 1.54) is 17.3 Å². The molecule has 2 N–H and O–H groups in total. The van der Waals surface area contributed by atoms with Crippen LogP contribution in [0.3, 0.4) is 0 Å². The summed E-state index contributed by atoms with van der Waals surface area (Å²) < 4.78 is 40.7. The van der Waals surface area contributed by atoms with Gasteiger partial charge in [-0.05, 0) is 31.9 Å². The predicted octanol–water partition coefficient (Wildman–Crippen LogP) is 3.06. The van der Waals surface area contributed by atoms with E-state index in [9.17, 15) is 12.8 Å². The zero-order valence-electron chi connectivity index (χ0n) is 12.6. The molecule has 1 aliphatic carbocycles. The van der Waals surface area contributed by atoms with E-state index in [4.69, 9.17) is 5.73 Å². The van der Waals surface area contributed by atoms with Gasteiger partial charge in [-0.15, -0.1) is 0 Å². The fourth-order valence-electron chi connectivity index (χ4n) is 2.91. The lowest BCUT2D eigenvalue weighted by Crippen LogP contribution is -2.37. The average Bonchev–Trinajstić information content (AvgIpc) is 2.70. The summed E-state index contributed by atoms with van der Waals surface area (Å²) in [5.74, 6) is -0.581. The molecular weight excluding hydrogens is 291 g/mol. The lowest BCUT2D eigenvalue weighted by atomic mass is 10.1. The van der Waals surface area contributed by atoms with Gasteiger partial charge in [0.15, 0.2) is 0 Å². The number of nitrogens with two attached hydrogens (primary N) is 1. The molecule has 0 radical (unpaired) electrons. The minimum atomic E-state index is -3.72. The maximum atomic E-state index is 13.8. The molecule has 0 amide bonds. The summed E-state index contributed by atoms with van der Waals surface area (Å²) in [5, 5.41) is 0. The molecule has 0 saturated heterocycles. The molecule has 0 heterocycles. The fraction of sp³-hybridized carbons (Fsp3) is 0.600. The lowest BCUT2D eigenvalue weighted by Gasteiger charge is -2.27. The summed E-state index contributed by atoms with van der Waals surface area (Å²) in [5.41, 5.74) is 5.87. The zero-order valence-corrected chi connectivity index (χ0v) is 13.4. The molecule has 21 heavy (non-hydrogen) atoms. The molecule has 0 bridgehead atoms. The lowest BCUT2D eigenvalue weighted by molar-refractivity contribution is 0.335. The first-order chi connectivity index (χ1) is 9.84. The van der Waals surface area contributed by atoms with Crippen LogP contribution in [0.2, 0.25) is 0 Å². The van der Waals surface area contributed by atoms with Crippen LogP contribution in [0.5, 0.6) is 0 Å². The van der Waals surface area contributed by atoms with Crippen molar-refractivity contribution in [2.45, 2.75) is 56.4 Å². The highest BCUT2D eigenvalue weighted by Crippen LogP contribution is 2.29. The fourth-order valence-corrected chi connectivity index (χ4v) is 4.60. The summed E-state index contributed by atoms with van der Waals surface area (Å²) in [6.07, 6.45) is 6.09. The van der Waals surface area contributed by atoms with E-state index in [2.05, 4.69) is 0 Å². The SMILES string of the molecule is Cc1c(F)cc(N)cc1S(=O)(=O)N(C)C1CCCCCC1. The van der Waals surface area contributed by atoms with Gasteiger partial charge in [-0.3, -0.25) is 0 Å². The van der Waals surface area contributed by atoms with Gasteiger partial charge >= 0.3 is 0 Å². The predicted molar refractivity (Wildman–Crippen MR) is 82.0 cm³/mol. The second kappa shape index (κ2) is 6.32. The standard InChI is InChI=1S/C15H23FN2O2S/c1-11-14(16)9-12(17)10-15(11)21(19,20)18(2)13-7-5-3-4-6-8-13/h9-10,13H,3-8,17H2,1-2H3. The van der Waals surface area contributed by atoms with Gasteiger partial charge in [0.1, 0.15) is 5.82 Å². The highest BCUT2D eigenvalue weighted by atomic mass is 32.2. The van der Waals surface area contributed by atoms with Gasteiger partial charge in [0.2, 0.25) is 10.0 Å². The van der Waals surface area contributed by atoms with Crippen LogP contribution in [0.15, 0.2) is 17.0 Å². The Balaban J connectivity index is 2.37. The summed E-state index contributed by atoms with van der Waals surface area (Å²) in [6.45, 7) is 1.47. The van der Waals surface area contributed by atoms with Crippen molar-refractivity contribution in [2.24, 2.45) is 0 Å². The number of hydrogen-bond donors (Lipinski definition) is 1. The molecule has 0 spiro atoms. The number of anilines is 1. The number of benzene rings is 1. The maximum absolute atomic E-state index is 13.8. The van der Waals surface area contributed by atoms with Gasteiger partial charge in [-0.1, -0.05) is 25.7 Å². The van der Waals surface area contributed by atoms with Gasteiger partial charge < -0.3 is 5.73 Å². The topological polar surface area (TPSA) is 63.4 Å². The first-order valence-electron chi connectivity index (χ1n) is 7.37. The first kappa shape index (κ1) is 16.2. The van der Waals surface area contributed by atoms with Crippen molar-refractivity contribution in [1.29, 1.82) is 0 Å². The van der Waals surface area contributed by atoms with Gasteiger partial charge in [0.25, 0.3) is 0 Å². The van der Waals surface area contributed by atoms with E-state index in [0.29, 0.717) is 0 Å². The van der Waals surface area contributed by atoms with Crippen LogP contribution < -0.4 is 5.73 Å². The molecule has 6 heteroatoms. The van der Waals surface area contributed by atoms with E-state index in [-0.39, 0.29) is 22.2 Å². The van der Waals surface area contributed by atoms with Crippen molar-refractivity contribution in [3.63, 3.8) is 0 Å². The van der Waals surface area contributed by atoms with Crippen LogP contribution >= 0.6 is 0 Å². The first-order valence-corrected chi connectivity index (χ1v) is 8.81. The van der Waals surface area contributed by atoms with Crippen molar-refractivity contribution in [3.8, 4) is 0 Å². The Kier molecular flexibility index (Phi) is 4.88. The Bertz CT molecular complexity index is 608. The van der Waals surface area contributed by atoms with Crippen LogP contribution in [-0.4, -0.2) is 25.8 Å². The number of nitrogens with zero attached hydrogens (tertiary/aromatic N) is 1. The minimum absolute atomic E-state index is 0.0126. The van der Waals surface area contributed by atoms with Crippen molar-refractivity contribution in [1.82, 2.24) is 4.31 Å². The quantitative estimate of drug-likeness (QED) is 0.689. The monoisotopic (exact) mass is 314 g/mol. The molecule has 0 aliphatic heterocycles. The Hall–Kier alpha value is -1.14. The molecule has 1 saturated carbocycles. The Morgan fingerprint density at radius 2 is 1.76 bits per heavy atom. The van der Waals surface area contributed by atoms with E-state index < -0.39 is 15.8 Å². The van der Waals surface area contributed by atoms with E-state index in [0.717, 1.165) is 44.6 Å². The third-order valence-corrected chi connectivity index (χ3v) is 6.35. The molecule has 1 fully saturated rings. The number of rotatable bonds is 3. The highest BCUT2D eigenvalue weighted by Gasteiger charge is 2.30. The molecular formula is C15H23FN2O2S. The third-order valence-electron chi connectivity index (χ3n) is 4.31. The average molecular weight is 314 g/mol. The summed E-state index contributed by atoms with van der Waals surface area (Å²) in [7, 11) is -2.13. The van der Waals surface area contributed by atoms with Crippen molar-refractivity contribution in [2.75, 3.05) is 12.8 Å². The second-order valence-corrected chi connectivity index (χ2v) is 7.76. The molecule has 2 rings (SSSR count). The molecule has 0 aromatic heterocycles. The number of sulfonamides is 1. The second-order valence-electron chi connectivity index (χ2n) is 5.79. The van der Waals surface area contributed by atoms with Gasteiger partial charge in [-0.2, -0.15) is 4.31 Å². The van der Waals surface area contributed by atoms with Crippen molar-refractivity contribution >= 4 is 15.7 Å². The van der Waals surface area contributed by atoms with E-state index >= 15 is 0 Å². The van der Waals surface area contributed by atoms with Crippen LogP contribution in [0.1, 0.15) is 44.1 Å². The highest BCUT2D eigenvalue weighted by molar-refractivity contribution is 7.89. The van der Waals surface area contributed by atoms with Gasteiger partial charge in [0.05, 0.1) is 4.90 Å². The van der Waals surface area contributed by atoms with E-state index in [1.54, 1.807) is 7.05 Å². The third kappa shape index (κ3) is 3.37. The molecule has 1 aromatic carbocycles. The summed E-state index contributed by atoms with van der Waals surface area (Å²) >= 11 is 0. The molecule has 0 atom stereocenters. The Morgan fingerprint density at radius 3 is 2.33 bits per heavy atom. The number of nitrogen functional groups attached to an aromatic ring is 1. The van der Waals surface area contributed by atoms with Crippen LogP contribution in [-0.2, 0) is 10.0 Å². The zero-order chi connectivity index (χ0) is 15.6. The van der Waals surface area contributed by atoms with Crippen molar-refractivity contribution in [3.05, 3.63) is 23.5 Å². The normalized spacial score (nSPS) is 17.9. The Morgan fingerprint density at radius 1 is 1.19 bits per heavy atom. The molecule has 1 aliphatic rings. The number of halogens is 1. The largest absolute Gasteiger partial charge is 0.399 e. The molecule has 1 aromatic rings. The van der Waals surface area contributed by atoms with E-state index in [1.807, 2.05) is 0 Å². The molecule has 118 valence electrons. The van der Waals surface area contributed by atoms with Crippen molar-refractivity contribution < 1.29 is 12.8 Å². The Labute approximate surface area is 126 Å². The van der Waals surface area contributed by atoms with Crippen LogP contribution in [0, 0.1) is 12.7 Å². The smallest absolute Gasteiger partial charge is 0.243 e. The minimum Gasteiger partial charge on any atom is -0.399 e. The number of hydrogen-bond acceptors (Lipinski definition) is 3. The van der Waals surface area contributed by atoms with Gasteiger partial charge in [-0.25, -0.2) is 12.8 Å².